The molecule has 0 amide bonds. The first kappa shape index (κ1) is 15.5. The molecule has 0 saturated heterocycles. The van der Waals surface area contributed by atoms with Crippen LogP contribution in [0.25, 0.3) is 11.5 Å². The van der Waals surface area contributed by atoms with E-state index in [-0.39, 0.29) is 0 Å². The molecule has 3 aromatic rings. The summed E-state index contributed by atoms with van der Waals surface area (Å²) in [7, 11) is 1.77. The second kappa shape index (κ2) is 6.79. The Hall–Kier alpha value is -2.40. The third-order valence-corrected chi connectivity index (χ3v) is 4.48. The molecule has 0 unspecified atom stereocenters. The molecule has 0 aliphatic rings. The highest BCUT2D eigenvalue weighted by Gasteiger charge is 2.09. The Balaban J connectivity index is 1.94. The van der Waals surface area contributed by atoms with Crippen LogP contribution >= 0.6 is 11.3 Å². The fraction of sp³-hybridized carbons (Fsp3) is 0.222. The summed E-state index contributed by atoms with van der Waals surface area (Å²) >= 11 is 1.54. The van der Waals surface area contributed by atoms with Crippen LogP contribution in [-0.4, -0.2) is 17.9 Å². The van der Waals surface area contributed by atoms with Gasteiger partial charge in [-0.1, -0.05) is 38.1 Å². The zero-order valence-corrected chi connectivity index (χ0v) is 14.2. The van der Waals surface area contributed by atoms with E-state index in [4.69, 9.17) is 4.42 Å². The summed E-state index contributed by atoms with van der Waals surface area (Å²) in [5.41, 5.74) is 3.28. The van der Waals surface area contributed by atoms with Gasteiger partial charge in [-0.05, 0) is 29.2 Å². The second-order valence-corrected chi connectivity index (χ2v) is 6.32. The van der Waals surface area contributed by atoms with Crippen molar-refractivity contribution in [3.05, 3.63) is 64.0 Å². The maximum atomic E-state index is 5.48. The quantitative estimate of drug-likeness (QED) is 0.658. The van der Waals surface area contributed by atoms with E-state index < -0.39 is 0 Å². The largest absolute Gasteiger partial charge is 0.463 e. The highest BCUT2D eigenvalue weighted by molar-refractivity contribution is 7.07. The van der Waals surface area contributed by atoms with Crippen LogP contribution in [0, 0.1) is 0 Å². The molecule has 2 heterocycles. The van der Waals surface area contributed by atoms with Crippen LogP contribution < -0.4 is 4.80 Å². The van der Waals surface area contributed by atoms with Gasteiger partial charge < -0.3 is 4.42 Å². The van der Waals surface area contributed by atoms with Crippen LogP contribution in [0.2, 0.25) is 0 Å². The maximum Gasteiger partial charge on any atom is 0.206 e. The van der Waals surface area contributed by atoms with Gasteiger partial charge in [0, 0.05) is 12.4 Å². The Morgan fingerprint density at radius 1 is 1.17 bits per heavy atom. The molecule has 4 nitrogen and oxygen atoms in total. The normalized spacial score (nSPS) is 12.6. The van der Waals surface area contributed by atoms with E-state index in [9.17, 15) is 0 Å². The van der Waals surface area contributed by atoms with Gasteiger partial charge in [-0.3, -0.25) is 4.99 Å². The van der Waals surface area contributed by atoms with Crippen molar-refractivity contribution in [3.63, 3.8) is 0 Å². The minimum atomic E-state index is 0.531. The number of rotatable bonds is 4. The highest BCUT2D eigenvalue weighted by Crippen LogP contribution is 2.20. The van der Waals surface area contributed by atoms with Crippen LogP contribution in [-0.2, 0) is 0 Å². The van der Waals surface area contributed by atoms with Gasteiger partial charge in [0.1, 0.15) is 5.69 Å². The number of hydrogen-bond donors (Lipinski definition) is 0. The summed E-state index contributed by atoms with van der Waals surface area (Å²) in [5.74, 6) is 1.31. The van der Waals surface area contributed by atoms with E-state index >= 15 is 0 Å². The predicted molar refractivity (Wildman–Crippen MR) is 95.0 cm³/mol. The molecule has 0 aliphatic heterocycles. The summed E-state index contributed by atoms with van der Waals surface area (Å²) in [6, 6.07) is 12.2. The van der Waals surface area contributed by atoms with Crippen molar-refractivity contribution in [2.45, 2.75) is 19.8 Å². The molecule has 3 rings (SSSR count). The van der Waals surface area contributed by atoms with Crippen LogP contribution in [0.3, 0.4) is 0 Å². The van der Waals surface area contributed by atoms with Gasteiger partial charge in [-0.25, -0.2) is 4.68 Å². The van der Waals surface area contributed by atoms with Crippen LogP contribution in [0.5, 0.6) is 0 Å². The Labute approximate surface area is 139 Å². The average molecular weight is 325 g/mol. The molecule has 0 radical (unpaired) electrons. The lowest BCUT2D eigenvalue weighted by Crippen LogP contribution is -2.11. The summed E-state index contributed by atoms with van der Waals surface area (Å²) in [6.45, 7) is 4.38. The molecular formula is C18H19N3OS. The first-order valence-electron chi connectivity index (χ1n) is 7.50. The standard InChI is InChI=1S/C18H19N3OS/c1-13(2)15-8-6-14(7-9-15)11-20-21-16(12-23-18(21)19-3)17-5-4-10-22-17/h4-13H,1-3H3. The lowest BCUT2D eigenvalue weighted by molar-refractivity contribution is 0.575. The zero-order chi connectivity index (χ0) is 16.2. The molecule has 2 aromatic heterocycles. The predicted octanol–water partition coefficient (Wildman–Crippen LogP) is 4.35. The number of furan rings is 1. The Morgan fingerprint density at radius 2 is 1.96 bits per heavy atom. The van der Waals surface area contributed by atoms with E-state index in [2.05, 4.69) is 48.2 Å². The van der Waals surface area contributed by atoms with E-state index in [1.165, 1.54) is 16.9 Å². The van der Waals surface area contributed by atoms with E-state index in [1.807, 2.05) is 23.7 Å². The lowest BCUT2D eigenvalue weighted by atomic mass is 10.0. The van der Waals surface area contributed by atoms with E-state index in [0.29, 0.717) is 5.92 Å². The first-order valence-corrected chi connectivity index (χ1v) is 8.38. The molecule has 0 N–H and O–H groups in total. The number of hydrogen-bond acceptors (Lipinski definition) is 4. The topological polar surface area (TPSA) is 42.8 Å². The van der Waals surface area contributed by atoms with Crippen molar-refractivity contribution in [1.82, 2.24) is 4.68 Å². The Bertz CT molecular complexity index is 853. The lowest BCUT2D eigenvalue weighted by Gasteiger charge is -2.04. The number of aromatic nitrogens is 1. The van der Waals surface area contributed by atoms with Gasteiger partial charge in [0.15, 0.2) is 5.76 Å². The number of benzene rings is 1. The van der Waals surface area contributed by atoms with Crippen molar-refractivity contribution >= 4 is 17.6 Å². The Morgan fingerprint density at radius 3 is 2.57 bits per heavy atom. The smallest absolute Gasteiger partial charge is 0.206 e. The molecular weight excluding hydrogens is 306 g/mol. The van der Waals surface area contributed by atoms with Crippen molar-refractivity contribution in [3.8, 4) is 11.5 Å². The van der Waals surface area contributed by atoms with Gasteiger partial charge in [0.25, 0.3) is 0 Å². The van der Waals surface area contributed by atoms with Crippen molar-refractivity contribution < 1.29 is 4.42 Å². The molecule has 118 valence electrons. The highest BCUT2D eigenvalue weighted by atomic mass is 32.1. The summed E-state index contributed by atoms with van der Waals surface area (Å²) in [5, 5.41) is 6.59. The molecule has 5 heteroatoms. The van der Waals surface area contributed by atoms with Crippen LogP contribution in [0.4, 0.5) is 0 Å². The van der Waals surface area contributed by atoms with Gasteiger partial charge in [0.05, 0.1) is 12.5 Å². The van der Waals surface area contributed by atoms with Crippen LogP contribution in [0.1, 0.15) is 30.9 Å². The second-order valence-electron chi connectivity index (χ2n) is 5.48. The molecule has 0 aliphatic carbocycles. The number of thiazole rings is 1. The number of nitrogens with zero attached hydrogens (tertiary/aromatic N) is 3. The SMILES string of the molecule is CN=c1scc(-c2ccco2)n1N=Cc1ccc(C(C)C)cc1. The zero-order valence-electron chi connectivity index (χ0n) is 13.4. The van der Waals surface area contributed by atoms with Gasteiger partial charge in [-0.2, -0.15) is 5.10 Å². The third-order valence-electron chi connectivity index (χ3n) is 3.58. The van der Waals surface area contributed by atoms with Crippen molar-refractivity contribution in [2.75, 3.05) is 7.05 Å². The maximum absolute atomic E-state index is 5.48. The molecule has 0 atom stereocenters. The summed E-state index contributed by atoms with van der Waals surface area (Å²) in [6.07, 6.45) is 3.51. The molecule has 23 heavy (non-hydrogen) atoms. The first-order chi connectivity index (χ1) is 11.2. The van der Waals surface area contributed by atoms with Gasteiger partial charge in [-0.15, -0.1) is 11.3 Å². The molecule has 0 fully saturated rings. The van der Waals surface area contributed by atoms with E-state index in [0.717, 1.165) is 21.8 Å². The minimum Gasteiger partial charge on any atom is -0.463 e. The van der Waals surface area contributed by atoms with Gasteiger partial charge >= 0.3 is 0 Å². The Kier molecular flexibility index (Phi) is 4.57. The fourth-order valence-corrected chi connectivity index (χ4v) is 3.03. The summed E-state index contributed by atoms with van der Waals surface area (Å²) in [4.78, 5) is 5.10. The monoisotopic (exact) mass is 325 g/mol. The molecule has 1 aromatic carbocycles. The minimum absolute atomic E-state index is 0.531. The third kappa shape index (κ3) is 3.35. The van der Waals surface area contributed by atoms with Crippen molar-refractivity contribution in [2.24, 2.45) is 10.1 Å². The van der Waals surface area contributed by atoms with Crippen LogP contribution in [0.15, 0.2) is 62.6 Å². The average Bonchev–Trinajstić information content (AvgIpc) is 3.22. The van der Waals surface area contributed by atoms with Gasteiger partial charge in [0.2, 0.25) is 4.80 Å². The summed E-state index contributed by atoms with van der Waals surface area (Å²) < 4.78 is 7.29. The van der Waals surface area contributed by atoms with Crippen molar-refractivity contribution in [1.29, 1.82) is 0 Å². The fourth-order valence-electron chi connectivity index (χ4n) is 2.25. The molecule has 0 bridgehead atoms. The molecule has 0 saturated carbocycles. The van der Waals surface area contributed by atoms with E-state index in [1.54, 1.807) is 18.0 Å². The molecule has 0 spiro atoms.